The summed E-state index contributed by atoms with van der Waals surface area (Å²) in [6, 6.07) is 0. The Hall–Kier alpha value is -0.263. The van der Waals surface area contributed by atoms with E-state index in [2.05, 4.69) is 0 Å². The predicted octanol–water partition coefficient (Wildman–Crippen LogP) is 0.377. The minimum atomic E-state index is -7.52. The molecule has 0 bridgehead atoms. The Bertz CT molecular complexity index is 512. The van der Waals surface area contributed by atoms with Crippen molar-refractivity contribution < 1.29 is 80.1 Å². The number of alkyl halides is 11. The predicted molar refractivity (Wildman–Crippen MR) is 44.8 cm³/mol. The SMILES string of the molecule is O=S(=O)([O-])C(F)(F)C(F)(F)C(F)(F)C(F)(F)CCC(F)(F)F.[Li+]. The van der Waals surface area contributed by atoms with Crippen LogP contribution < -0.4 is 18.9 Å². The van der Waals surface area contributed by atoms with Crippen LogP contribution >= 0.6 is 0 Å². The minimum Gasteiger partial charge on any atom is -0.743 e. The maximum atomic E-state index is 12.8. The summed E-state index contributed by atoms with van der Waals surface area (Å²) in [5.74, 6) is -21.1. The molecule has 0 aliphatic heterocycles. The summed E-state index contributed by atoms with van der Waals surface area (Å²) in [5, 5.41) is -7.18. The van der Waals surface area contributed by atoms with Crippen LogP contribution in [0.5, 0.6) is 0 Å². The van der Waals surface area contributed by atoms with Crippen molar-refractivity contribution in [1.82, 2.24) is 0 Å². The molecule has 0 aromatic heterocycles. The van der Waals surface area contributed by atoms with Gasteiger partial charge in [-0.15, -0.1) is 0 Å². The normalized spacial score (nSPS) is 15.3. The van der Waals surface area contributed by atoms with Gasteiger partial charge in [-0.1, -0.05) is 0 Å². The molecular weight excluding hydrogens is 380 g/mol. The summed E-state index contributed by atoms with van der Waals surface area (Å²) >= 11 is 0. The topological polar surface area (TPSA) is 57.2 Å². The molecule has 0 fully saturated rings. The first-order chi connectivity index (χ1) is 9.21. The Morgan fingerprint density at radius 2 is 1.04 bits per heavy atom. The first-order valence-electron chi connectivity index (χ1n) is 4.74. The van der Waals surface area contributed by atoms with Gasteiger partial charge in [-0.05, 0) is 0 Å². The molecule has 23 heavy (non-hydrogen) atoms. The van der Waals surface area contributed by atoms with E-state index in [4.69, 9.17) is 0 Å². The molecule has 0 aromatic carbocycles. The third kappa shape index (κ3) is 4.64. The van der Waals surface area contributed by atoms with Crippen molar-refractivity contribution in [2.45, 2.75) is 42.0 Å². The van der Waals surface area contributed by atoms with Crippen LogP contribution in [0.3, 0.4) is 0 Å². The maximum absolute atomic E-state index is 12.8. The summed E-state index contributed by atoms with van der Waals surface area (Å²) in [7, 11) is -7.52. The Balaban J connectivity index is 0. The zero-order valence-corrected chi connectivity index (χ0v) is 11.5. The molecule has 0 atom stereocenters. The van der Waals surface area contributed by atoms with E-state index in [1.165, 1.54) is 0 Å². The summed E-state index contributed by atoms with van der Waals surface area (Å²) < 4.78 is 166. The van der Waals surface area contributed by atoms with E-state index < -0.39 is 52.2 Å². The fraction of sp³-hybridized carbons (Fsp3) is 1.00. The van der Waals surface area contributed by atoms with E-state index in [9.17, 15) is 61.3 Å². The van der Waals surface area contributed by atoms with Crippen LogP contribution in [0.1, 0.15) is 12.8 Å². The van der Waals surface area contributed by atoms with Gasteiger partial charge in [0.25, 0.3) is 0 Å². The van der Waals surface area contributed by atoms with Gasteiger partial charge in [-0.3, -0.25) is 0 Å². The van der Waals surface area contributed by atoms with E-state index in [1.807, 2.05) is 0 Å². The smallest absolute Gasteiger partial charge is 0.743 e. The Morgan fingerprint density at radius 3 is 1.30 bits per heavy atom. The van der Waals surface area contributed by atoms with Gasteiger partial charge in [0.1, 0.15) is 0 Å². The second-order valence-corrected chi connectivity index (χ2v) is 5.36. The van der Waals surface area contributed by atoms with Crippen molar-refractivity contribution in [3.05, 3.63) is 0 Å². The molecule has 0 saturated heterocycles. The maximum Gasteiger partial charge on any atom is 1.00 e. The molecule has 0 rings (SSSR count). The molecule has 0 spiro atoms. The average molecular weight is 384 g/mol. The standard InChI is InChI=1S/C7H5F11O3S.Li/c8-3(9,1-2-4(10,11)12)5(13,14)6(15,16)7(17,18)22(19,20)21;/h1-2H2,(H,19,20,21);/q;+1/p-1. The third-order valence-electron chi connectivity index (χ3n) is 2.26. The molecule has 0 saturated carbocycles. The molecule has 0 radical (unpaired) electrons. The van der Waals surface area contributed by atoms with Crippen molar-refractivity contribution in [3.8, 4) is 0 Å². The van der Waals surface area contributed by atoms with E-state index in [0.29, 0.717) is 0 Å². The van der Waals surface area contributed by atoms with Crippen LogP contribution in [0, 0.1) is 0 Å². The van der Waals surface area contributed by atoms with Gasteiger partial charge in [0.15, 0.2) is 10.1 Å². The molecule has 0 amide bonds. The summed E-state index contributed by atoms with van der Waals surface area (Å²) in [4.78, 5) is 0. The largest absolute Gasteiger partial charge is 1.00 e. The van der Waals surface area contributed by atoms with Crippen molar-refractivity contribution in [3.63, 3.8) is 0 Å². The first kappa shape index (κ1) is 25.0. The molecule has 0 aliphatic rings. The van der Waals surface area contributed by atoms with Crippen LogP contribution in [0.2, 0.25) is 0 Å². The van der Waals surface area contributed by atoms with Gasteiger partial charge >= 0.3 is 48.1 Å². The van der Waals surface area contributed by atoms with Crippen LogP contribution in [0.15, 0.2) is 0 Å². The van der Waals surface area contributed by atoms with Crippen LogP contribution in [0.4, 0.5) is 48.3 Å². The van der Waals surface area contributed by atoms with Crippen molar-refractivity contribution in [2.75, 3.05) is 0 Å². The molecular formula is C7H4F11LiO3S. The minimum absolute atomic E-state index is 0. The molecule has 0 aliphatic carbocycles. The van der Waals surface area contributed by atoms with Crippen molar-refractivity contribution in [2.24, 2.45) is 0 Å². The van der Waals surface area contributed by atoms with E-state index in [1.54, 1.807) is 0 Å². The third-order valence-corrected chi connectivity index (χ3v) is 3.14. The molecule has 0 heterocycles. The molecule has 0 aromatic rings. The number of halogens is 11. The molecule has 134 valence electrons. The van der Waals surface area contributed by atoms with Gasteiger partial charge in [0.05, 0.1) is 0 Å². The van der Waals surface area contributed by atoms with Crippen molar-refractivity contribution in [1.29, 1.82) is 0 Å². The molecule has 16 heteroatoms. The quantitative estimate of drug-likeness (QED) is 0.378. The van der Waals surface area contributed by atoms with Gasteiger partial charge in [0, 0.05) is 12.8 Å². The Morgan fingerprint density at radius 1 is 0.696 bits per heavy atom. The monoisotopic (exact) mass is 384 g/mol. The van der Waals surface area contributed by atoms with Crippen LogP contribution in [-0.2, 0) is 10.1 Å². The Kier molecular flexibility index (Phi) is 7.13. The molecule has 0 unspecified atom stereocenters. The van der Waals surface area contributed by atoms with Gasteiger partial charge in [-0.25, -0.2) is 8.42 Å². The second-order valence-electron chi connectivity index (χ2n) is 3.94. The average Bonchev–Trinajstić information content (AvgIpc) is 2.23. The van der Waals surface area contributed by atoms with E-state index in [-0.39, 0.29) is 18.9 Å². The van der Waals surface area contributed by atoms with E-state index in [0.717, 1.165) is 0 Å². The van der Waals surface area contributed by atoms with Crippen LogP contribution in [-0.4, -0.2) is 42.2 Å². The molecule has 0 N–H and O–H groups in total. The fourth-order valence-corrected chi connectivity index (χ4v) is 1.47. The van der Waals surface area contributed by atoms with Crippen molar-refractivity contribution >= 4 is 10.1 Å². The summed E-state index contributed by atoms with van der Waals surface area (Å²) in [6.07, 6.45) is -11.3. The molecule has 3 nitrogen and oxygen atoms in total. The first-order valence-corrected chi connectivity index (χ1v) is 6.15. The zero-order valence-electron chi connectivity index (χ0n) is 10.7. The van der Waals surface area contributed by atoms with Gasteiger partial charge in [0.2, 0.25) is 0 Å². The number of rotatable bonds is 6. The van der Waals surface area contributed by atoms with Gasteiger partial charge in [-0.2, -0.15) is 48.3 Å². The fourth-order valence-electron chi connectivity index (χ4n) is 1.03. The number of hydrogen-bond acceptors (Lipinski definition) is 3. The summed E-state index contributed by atoms with van der Waals surface area (Å²) in [5.41, 5.74) is 0. The van der Waals surface area contributed by atoms with Gasteiger partial charge < -0.3 is 4.55 Å². The van der Waals surface area contributed by atoms with Crippen LogP contribution in [0.25, 0.3) is 0 Å². The summed E-state index contributed by atoms with van der Waals surface area (Å²) in [6.45, 7) is 0. The number of hydrogen-bond donors (Lipinski definition) is 0. The van der Waals surface area contributed by atoms with E-state index >= 15 is 0 Å². The second kappa shape index (κ2) is 6.56. The Labute approximate surface area is 133 Å². The zero-order chi connectivity index (χ0) is 18.4.